The fourth-order valence-electron chi connectivity index (χ4n) is 1.05. The highest BCUT2D eigenvalue weighted by atomic mass is 19.3. The lowest BCUT2D eigenvalue weighted by Gasteiger charge is -2.10. The normalized spacial score (nSPS) is 10.6. The van der Waals surface area contributed by atoms with E-state index in [0.717, 1.165) is 0 Å². The standard InChI is InChI=1S/C8H11F2N3O/c1-14-5-2-4(3-11)8(12)13-6(5)7(9)10/h2,7H,3,11H2,1H3,(H2,12,13). The Kier molecular flexibility index (Phi) is 3.19. The van der Waals surface area contributed by atoms with Crippen LogP contribution < -0.4 is 16.2 Å². The monoisotopic (exact) mass is 203 g/mol. The van der Waals surface area contributed by atoms with E-state index >= 15 is 0 Å². The van der Waals surface area contributed by atoms with Crippen molar-refractivity contribution in [2.75, 3.05) is 12.8 Å². The molecule has 0 saturated carbocycles. The first-order valence-electron chi connectivity index (χ1n) is 3.91. The number of nitrogen functional groups attached to an aromatic ring is 1. The van der Waals surface area contributed by atoms with Crippen molar-refractivity contribution in [3.63, 3.8) is 0 Å². The molecule has 1 rings (SSSR count). The summed E-state index contributed by atoms with van der Waals surface area (Å²) in [5.41, 5.74) is 10.8. The number of nitrogens with two attached hydrogens (primary N) is 2. The SMILES string of the molecule is COc1cc(CN)c(N)nc1C(F)F. The summed E-state index contributed by atoms with van der Waals surface area (Å²) in [6, 6.07) is 1.38. The maximum atomic E-state index is 12.4. The van der Waals surface area contributed by atoms with Gasteiger partial charge in [-0.2, -0.15) is 0 Å². The van der Waals surface area contributed by atoms with Crippen LogP contribution in [-0.2, 0) is 6.54 Å². The smallest absolute Gasteiger partial charge is 0.284 e. The Labute approximate surface area is 79.9 Å². The first kappa shape index (κ1) is 10.6. The summed E-state index contributed by atoms with van der Waals surface area (Å²) in [5.74, 6) is 0.0262. The van der Waals surface area contributed by atoms with E-state index in [2.05, 4.69) is 4.98 Å². The van der Waals surface area contributed by atoms with Crippen LogP contribution in [0.3, 0.4) is 0 Å². The van der Waals surface area contributed by atoms with Crippen LogP contribution in [0.15, 0.2) is 6.07 Å². The summed E-state index contributed by atoms with van der Waals surface area (Å²) >= 11 is 0. The first-order chi connectivity index (χ1) is 6.60. The molecule has 0 unspecified atom stereocenters. The maximum absolute atomic E-state index is 12.4. The van der Waals surface area contributed by atoms with Gasteiger partial charge < -0.3 is 16.2 Å². The van der Waals surface area contributed by atoms with Gasteiger partial charge in [0.1, 0.15) is 11.6 Å². The van der Waals surface area contributed by atoms with Crippen molar-refractivity contribution in [3.05, 3.63) is 17.3 Å². The number of hydrogen-bond donors (Lipinski definition) is 2. The molecule has 0 spiro atoms. The Balaban J connectivity index is 3.24. The predicted molar refractivity (Wildman–Crippen MR) is 48.0 cm³/mol. The van der Waals surface area contributed by atoms with Gasteiger partial charge >= 0.3 is 0 Å². The third kappa shape index (κ3) is 1.90. The lowest BCUT2D eigenvalue weighted by molar-refractivity contribution is 0.141. The molecule has 14 heavy (non-hydrogen) atoms. The number of rotatable bonds is 3. The molecule has 0 saturated heterocycles. The van der Waals surface area contributed by atoms with Gasteiger partial charge in [0, 0.05) is 12.1 Å². The van der Waals surface area contributed by atoms with Crippen LogP contribution in [0.5, 0.6) is 5.75 Å². The van der Waals surface area contributed by atoms with Crippen molar-refractivity contribution >= 4 is 5.82 Å². The van der Waals surface area contributed by atoms with Crippen molar-refractivity contribution in [2.24, 2.45) is 5.73 Å². The molecule has 1 heterocycles. The molecule has 0 amide bonds. The van der Waals surface area contributed by atoms with Crippen LogP contribution in [0.25, 0.3) is 0 Å². The molecular formula is C8H11F2N3O. The number of nitrogens with zero attached hydrogens (tertiary/aromatic N) is 1. The van der Waals surface area contributed by atoms with Crippen molar-refractivity contribution in [3.8, 4) is 5.75 Å². The van der Waals surface area contributed by atoms with Crippen LogP contribution in [0.4, 0.5) is 14.6 Å². The minimum atomic E-state index is -2.71. The third-order valence-corrected chi connectivity index (χ3v) is 1.77. The van der Waals surface area contributed by atoms with E-state index in [4.69, 9.17) is 16.2 Å². The second kappa shape index (κ2) is 4.19. The highest BCUT2D eigenvalue weighted by Gasteiger charge is 2.17. The van der Waals surface area contributed by atoms with Gasteiger partial charge in [0.05, 0.1) is 7.11 Å². The van der Waals surface area contributed by atoms with Gasteiger partial charge in [-0.3, -0.25) is 0 Å². The minimum absolute atomic E-state index is 0.00894. The van der Waals surface area contributed by atoms with Crippen molar-refractivity contribution in [1.82, 2.24) is 4.98 Å². The number of pyridine rings is 1. The molecule has 1 aromatic rings. The predicted octanol–water partition coefficient (Wildman–Crippen LogP) is 1.07. The quantitative estimate of drug-likeness (QED) is 0.770. The average molecular weight is 203 g/mol. The molecule has 0 aliphatic heterocycles. The number of hydrogen-bond acceptors (Lipinski definition) is 4. The number of ether oxygens (including phenoxy) is 1. The van der Waals surface area contributed by atoms with Crippen LogP contribution in [0.1, 0.15) is 17.7 Å². The van der Waals surface area contributed by atoms with E-state index in [1.54, 1.807) is 0 Å². The number of halogens is 2. The van der Waals surface area contributed by atoms with Gasteiger partial charge in [0.15, 0.2) is 5.69 Å². The van der Waals surface area contributed by atoms with Crippen LogP contribution in [0.2, 0.25) is 0 Å². The summed E-state index contributed by atoms with van der Waals surface area (Å²) in [6.07, 6.45) is -2.71. The summed E-state index contributed by atoms with van der Waals surface area (Å²) in [7, 11) is 1.29. The third-order valence-electron chi connectivity index (χ3n) is 1.77. The molecule has 78 valence electrons. The lowest BCUT2D eigenvalue weighted by Crippen LogP contribution is -2.07. The average Bonchev–Trinajstić information content (AvgIpc) is 2.17. The topological polar surface area (TPSA) is 74.2 Å². The zero-order valence-electron chi connectivity index (χ0n) is 7.63. The molecular weight excluding hydrogens is 192 g/mol. The minimum Gasteiger partial charge on any atom is -0.495 e. The van der Waals surface area contributed by atoms with Crippen LogP contribution >= 0.6 is 0 Å². The second-order valence-corrected chi connectivity index (χ2v) is 2.63. The molecule has 4 nitrogen and oxygen atoms in total. The van der Waals surface area contributed by atoms with Crippen molar-refractivity contribution in [1.29, 1.82) is 0 Å². The molecule has 6 heteroatoms. The van der Waals surface area contributed by atoms with Gasteiger partial charge in [0.25, 0.3) is 6.43 Å². The fraction of sp³-hybridized carbons (Fsp3) is 0.375. The Morgan fingerprint density at radius 1 is 1.57 bits per heavy atom. The molecule has 0 bridgehead atoms. The van der Waals surface area contributed by atoms with E-state index in [-0.39, 0.29) is 18.1 Å². The largest absolute Gasteiger partial charge is 0.495 e. The highest BCUT2D eigenvalue weighted by Crippen LogP contribution is 2.29. The van der Waals surface area contributed by atoms with Gasteiger partial charge in [-0.15, -0.1) is 0 Å². The van der Waals surface area contributed by atoms with Crippen LogP contribution in [-0.4, -0.2) is 12.1 Å². The molecule has 0 aliphatic carbocycles. The molecule has 4 N–H and O–H groups in total. The van der Waals surface area contributed by atoms with Gasteiger partial charge in [-0.1, -0.05) is 0 Å². The van der Waals surface area contributed by atoms with Gasteiger partial charge in [-0.05, 0) is 6.07 Å². The van der Waals surface area contributed by atoms with Crippen molar-refractivity contribution < 1.29 is 13.5 Å². The number of anilines is 1. The summed E-state index contributed by atoms with van der Waals surface area (Å²) in [6.45, 7) is 0.138. The Bertz CT molecular complexity index is 331. The van der Waals surface area contributed by atoms with Crippen molar-refractivity contribution in [2.45, 2.75) is 13.0 Å². The Hall–Kier alpha value is -1.43. The van der Waals surface area contributed by atoms with E-state index in [9.17, 15) is 8.78 Å². The molecule has 0 radical (unpaired) electrons. The van der Waals surface area contributed by atoms with Gasteiger partial charge in [-0.25, -0.2) is 13.8 Å². The van der Waals surface area contributed by atoms with E-state index in [1.807, 2.05) is 0 Å². The number of aromatic nitrogens is 1. The molecule has 0 aromatic carbocycles. The van der Waals surface area contributed by atoms with E-state index in [1.165, 1.54) is 13.2 Å². The zero-order valence-corrected chi connectivity index (χ0v) is 7.63. The summed E-state index contributed by atoms with van der Waals surface area (Å²) in [4.78, 5) is 3.54. The summed E-state index contributed by atoms with van der Waals surface area (Å²) in [5, 5.41) is 0. The lowest BCUT2D eigenvalue weighted by atomic mass is 10.2. The Morgan fingerprint density at radius 3 is 2.64 bits per heavy atom. The Morgan fingerprint density at radius 2 is 2.21 bits per heavy atom. The summed E-state index contributed by atoms with van der Waals surface area (Å²) < 4.78 is 29.6. The van der Waals surface area contributed by atoms with Crippen LogP contribution in [0, 0.1) is 0 Å². The van der Waals surface area contributed by atoms with E-state index in [0.29, 0.717) is 5.56 Å². The van der Waals surface area contributed by atoms with E-state index < -0.39 is 12.1 Å². The molecule has 0 atom stereocenters. The van der Waals surface area contributed by atoms with Gasteiger partial charge in [0.2, 0.25) is 0 Å². The molecule has 0 aliphatic rings. The first-order valence-corrected chi connectivity index (χ1v) is 3.91. The highest BCUT2D eigenvalue weighted by molar-refractivity contribution is 5.46. The fourth-order valence-corrected chi connectivity index (χ4v) is 1.05. The maximum Gasteiger partial charge on any atom is 0.284 e. The second-order valence-electron chi connectivity index (χ2n) is 2.63. The zero-order chi connectivity index (χ0) is 10.7. The number of alkyl halides is 2. The molecule has 1 aromatic heterocycles. The molecule has 0 fully saturated rings. The number of methoxy groups -OCH3 is 1.